The number of carbonyl (C=O) groups excluding carboxylic acids is 1. The summed E-state index contributed by atoms with van der Waals surface area (Å²) in [5.74, 6) is -1.72. The number of benzene rings is 2. The molecular weight excluding hydrogens is 593 g/mol. The van der Waals surface area contributed by atoms with E-state index in [1.807, 2.05) is 0 Å². The summed E-state index contributed by atoms with van der Waals surface area (Å²) < 4.78 is 120. The van der Waals surface area contributed by atoms with Gasteiger partial charge < -0.3 is 5.73 Å². The molecule has 1 aliphatic rings. The van der Waals surface area contributed by atoms with Crippen LogP contribution in [0.4, 0.5) is 30.7 Å². The van der Waals surface area contributed by atoms with Gasteiger partial charge in [0.05, 0.1) is 28.4 Å². The molecule has 1 aromatic heterocycles. The van der Waals surface area contributed by atoms with Gasteiger partial charge in [-0.1, -0.05) is 12.1 Å². The molecule has 4 rings (SSSR count). The van der Waals surface area contributed by atoms with Crippen LogP contribution in [0.2, 0.25) is 0 Å². The number of alkyl halides is 7. The maximum atomic E-state index is 13.3. The number of piperidine rings is 1. The number of nitrogens with zero attached hydrogens (tertiary/aromatic N) is 3. The largest absolute Gasteiger partial charge is 0.416 e. The summed E-state index contributed by atoms with van der Waals surface area (Å²) in [5, 5.41) is 0. The highest BCUT2D eigenvalue weighted by atomic mass is 32.2. The van der Waals surface area contributed by atoms with Crippen LogP contribution in [0, 0.1) is 5.92 Å². The number of nitrogens with two attached hydrogens (primary N) is 1. The lowest BCUT2D eigenvalue weighted by atomic mass is 10.0. The van der Waals surface area contributed by atoms with Crippen LogP contribution in [0.25, 0.3) is 23.0 Å². The Labute approximate surface area is 235 Å². The van der Waals surface area contributed by atoms with Crippen molar-refractivity contribution in [2.75, 3.05) is 19.8 Å². The third kappa shape index (κ3) is 6.95. The summed E-state index contributed by atoms with van der Waals surface area (Å²) in [7, 11) is -4.00. The summed E-state index contributed by atoms with van der Waals surface area (Å²) in [6.07, 6.45) is -7.27. The number of rotatable bonds is 7. The second-order valence-electron chi connectivity index (χ2n) is 9.55. The fourth-order valence-corrected chi connectivity index (χ4v) is 5.91. The number of hydrogen-bond donors (Lipinski definition) is 1. The van der Waals surface area contributed by atoms with Crippen molar-refractivity contribution in [1.29, 1.82) is 0 Å². The van der Waals surface area contributed by atoms with Crippen LogP contribution in [0.15, 0.2) is 59.6 Å². The van der Waals surface area contributed by atoms with Crippen LogP contribution < -0.4 is 5.73 Å². The monoisotopic (exact) mass is 616 g/mol. The van der Waals surface area contributed by atoms with Crippen molar-refractivity contribution in [2.24, 2.45) is 11.7 Å². The average molecular weight is 617 g/mol. The second-order valence-corrected chi connectivity index (χ2v) is 11.5. The molecule has 3 aromatic rings. The maximum Gasteiger partial charge on any atom is 0.416 e. The minimum Gasteiger partial charge on any atom is -0.366 e. The number of hydrogen-bond acceptors (Lipinski definition) is 5. The first-order valence-electron chi connectivity index (χ1n) is 12.4. The van der Waals surface area contributed by atoms with Gasteiger partial charge in [-0.2, -0.15) is 30.6 Å². The van der Waals surface area contributed by atoms with Crippen molar-refractivity contribution in [2.45, 2.75) is 30.1 Å². The Morgan fingerprint density at radius 3 is 2.14 bits per heavy atom. The van der Waals surface area contributed by atoms with E-state index in [-0.39, 0.29) is 46.8 Å². The minimum atomic E-state index is -5.08. The van der Waals surface area contributed by atoms with Crippen LogP contribution in [-0.2, 0) is 27.2 Å². The van der Waals surface area contributed by atoms with Crippen molar-refractivity contribution in [3.63, 3.8) is 0 Å². The standard InChI is InChI=1S/C27H23F7N4O3S/c28-15-16-5-8-38(9-6-16)42(40,41)22-3-1-2-17(12-22)23(24(35)39)14-21-4-7-36-25(37-21)18-10-19(26(29,30)31)13-20(11-18)27(32,33)34/h1-4,7,10-14,16H,5-6,8-9,15H2,(H2,35,39)/b23-14+. The highest BCUT2D eigenvalue weighted by molar-refractivity contribution is 7.89. The molecule has 2 N–H and O–H groups in total. The van der Waals surface area contributed by atoms with Crippen molar-refractivity contribution in [1.82, 2.24) is 14.3 Å². The highest BCUT2D eigenvalue weighted by Crippen LogP contribution is 2.38. The molecule has 0 bridgehead atoms. The smallest absolute Gasteiger partial charge is 0.366 e. The molecule has 1 aliphatic heterocycles. The van der Waals surface area contributed by atoms with Gasteiger partial charge in [-0.3, -0.25) is 9.18 Å². The van der Waals surface area contributed by atoms with Gasteiger partial charge in [0.2, 0.25) is 15.9 Å². The Bertz CT molecular complexity index is 1580. The number of amides is 1. The lowest BCUT2D eigenvalue weighted by Crippen LogP contribution is -2.38. The lowest BCUT2D eigenvalue weighted by Gasteiger charge is -2.30. The van der Waals surface area contributed by atoms with Crippen LogP contribution >= 0.6 is 0 Å². The van der Waals surface area contributed by atoms with E-state index in [0.717, 1.165) is 12.3 Å². The predicted molar refractivity (Wildman–Crippen MR) is 138 cm³/mol. The fraction of sp³-hybridized carbons (Fsp3) is 0.296. The van der Waals surface area contributed by atoms with Crippen LogP contribution in [0.5, 0.6) is 0 Å². The van der Waals surface area contributed by atoms with E-state index in [4.69, 9.17) is 5.73 Å². The molecule has 1 amide bonds. The maximum absolute atomic E-state index is 13.3. The molecule has 42 heavy (non-hydrogen) atoms. The molecule has 0 saturated carbocycles. The van der Waals surface area contributed by atoms with Crippen molar-refractivity contribution in [3.05, 3.63) is 77.1 Å². The van der Waals surface area contributed by atoms with Gasteiger partial charge in [0, 0.05) is 30.4 Å². The van der Waals surface area contributed by atoms with Crippen LogP contribution in [-0.4, -0.2) is 48.4 Å². The van der Waals surface area contributed by atoms with E-state index in [1.165, 1.54) is 34.6 Å². The molecule has 0 aliphatic carbocycles. The van der Waals surface area contributed by atoms with Crippen LogP contribution in [0.1, 0.15) is 35.2 Å². The SMILES string of the molecule is NC(=O)/C(=C/c1ccnc(-c2cc(C(F)(F)F)cc(C(F)(F)F)c2)n1)c1cccc(S(=O)(=O)N2CCC(CF)CC2)c1. The predicted octanol–water partition coefficient (Wildman–Crippen LogP) is 5.58. The van der Waals surface area contributed by atoms with Crippen molar-refractivity contribution >= 4 is 27.6 Å². The van der Waals surface area contributed by atoms with Gasteiger partial charge in [0.1, 0.15) is 0 Å². The molecule has 0 radical (unpaired) electrons. The molecule has 0 atom stereocenters. The van der Waals surface area contributed by atoms with Gasteiger partial charge in [0.25, 0.3) is 0 Å². The zero-order valence-corrected chi connectivity index (χ0v) is 22.4. The molecule has 15 heteroatoms. The van der Waals surface area contributed by atoms with Gasteiger partial charge in [0.15, 0.2) is 5.82 Å². The van der Waals surface area contributed by atoms with Crippen LogP contribution in [0.3, 0.4) is 0 Å². The molecule has 2 heterocycles. The fourth-order valence-electron chi connectivity index (χ4n) is 4.40. The van der Waals surface area contributed by atoms with Gasteiger partial charge in [-0.05, 0) is 66.8 Å². The summed E-state index contributed by atoms with van der Waals surface area (Å²) >= 11 is 0. The number of aromatic nitrogens is 2. The number of carbonyl (C=O) groups is 1. The van der Waals surface area contributed by atoms with E-state index in [2.05, 4.69) is 9.97 Å². The molecule has 2 aromatic carbocycles. The summed E-state index contributed by atoms with van der Waals surface area (Å²) in [6, 6.07) is 7.44. The summed E-state index contributed by atoms with van der Waals surface area (Å²) in [5.41, 5.74) is 1.60. The summed E-state index contributed by atoms with van der Waals surface area (Å²) in [4.78, 5) is 20.0. The van der Waals surface area contributed by atoms with Gasteiger partial charge >= 0.3 is 12.4 Å². The Morgan fingerprint density at radius 2 is 1.60 bits per heavy atom. The number of sulfonamides is 1. The minimum absolute atomic E-state index is 0.0250. The molecule has 224 valence electrons. The normalized spacial score (nSPS) is 16.0. The molecule has 1 fully saturated rings. The molecule has 1 saturated heterocycles. The number of primary amides is 1. The molecule has 0 unspecified atom stereocenters. The molecule has 7 nitrogen and oxygen atoms in total. The topological polar surface area (TPSA) is 106 Å². The van der Waals surface area contributed by atoms with E-state index < -0.39 is 57.5 Å². The average Bonchev–Trinajstić information content (AvgIpc) is 2.95. The third-order valence-electron chi connectivity index (χ3n) is 6.66. The van der Waals surface area contributed by atoms with E-state index >= 15 is 0 Å². The number of halogens is 7. The first kappa shape index (κ1) is 31.1. The van der Waals surface area contributed by atoms with Crippen molar-refractivity contribution in [3.8, 4) is 11.4 Å². The first-order valence-corrected chi connectivity index (χ1v) is 13.8. The molecule has 0 spiro atoms. The summed E-state index contributed by atoms with van der Waals surface area (Å²) in [6.45, 7) is -0.303. The van der Waals surface area contributed by atoms with E-state index in [9.17, 15) is 43.9 Å². The first-order chi connectivity index (χ1) is 19.6. The van der Waals surface area contributed by atoms with Gasteiger partial charge in [-0.15, -0.1) is 0 Å². The Morgan fingerprint density at radius 1 is 0.976 bits per heavy atom. The lowest BCUT2D eigenvalue weighted by molar-refractivity contribution is -0.143. The van der Waals surface area contributed by atoms with Gasteiger partial charge in [-0.25, -0.2) is 18.4 Å². The highest BCUT2D eigenvalue weighted by Gasteiger charge is 2.37. The van der Waals surface area contributed by atoms with E-state index in [0.29, 0.717) is 25.0 Å². The molecular formula is C27H23F7N4O3S. The third-order valence-corrected chi connectivity index (χ3v) is 8.55. The zero-order valence-electron chi connectivity index (χ0n) is 21.6. The Balaban J connectivity index is 1.72. The Kier molecular flexibility index (Phi) is 8.73. The Hall–Kier alpha value is -3.85. The van der Waals surface area contributed by atoms with E-state index in [1.54, 1.807) is 0 Å². The second kappa shape index (κ2) is 11.8. The zero-order chi connectivity index (χ0) is 30.9. The quantitative estimate of drug-likeness (QED) is 0.276. The van der Waals surface area contributed by atoms with Crippen molar-refractivity contribution < 1.29 is 43.9 Å².